The van der Waals surface area contributed by atoms with E-state index in [4.69, 9.17) is 9.47 Å². The van der Waals surface area contributed by atoms with Crippen LogP contribution in [0, 0.1) is 11.3 Å². The Kier molecular flexibility index (Phi) is 8.67. The van der Waals surface area contributed by atoms with Gasteiger partial charge in [-0.3, -0.25) is 9.59 Å². The molecule has 0 aliphatic carbocycles. The predicted octanol–water partition coefficient (Wildman–Crippen LogP) is 3.67. The fourth-order valence-electron chi connectivity index (χ4n) is 2.22. The van der Waals surface area contributed by atoms with Crippen molar-refractivity contribution in [3.05, 3.63) is 24.8 Å². The van der Waals surface area contributed by atoms with E-state index in [9.17, 15) is 9.59 Å². The molecule has 0 aromatic carbocycles. The van der Waals surface area contributed by atoms with Gasteiger partial charge in [-0.05, 0) is 40.0 Å². The van der Waals surface area contributed by atoms with Crippen molar-refractivity contribution in [2.45, 2.75) is 47.0 Å². The minimum Gasteiger partial charge on any atom is -0.465 e. The largest absolute Gasteiger partial charge is 0.465 e. The number of esters is 2. The molecule has 0 aromatic heterocycles. The van der Waals surface area contributed by atoms with Crippen LogP contribution in [-0.2, 0) is 19.1 Å². The molecule has 1 unspecified atom stereocenters. The maximum Gasteiger partial charge on any atom is 0.321 e. The molecule has 0 heterocycles. The van der Waals surface area contributed by atoms with Crippen LogP contribution in [0.25, 0.3) is 0 Å². The summed E-state index contributed by atoms with van der Waals surface area (Å²) in [6.45, 7) is 15.4. The van der Waals surface area contributed by atoms with Crippen LogP contribution in [-0.4, -0.2) is 25.2 Å². The van der Waals surface area contributed by atoms with E-state index in [2.05, 4.69) is 13.2 Å². The Morgan fingerprint density at radius 1 is 1.19 bits per heavy atom. The van der Waals surface area contributed by atoms with Crippen molar-refractivity contribution >= 4 is 11.9 Å². The lowest BCUT2D eigenvalue weighted by atomic mass is 9.73. The average molecular weight is 296 g/mol. The van der Waals surface area contributed by atoms with E-state index in [0.717, 1.165) is 18.4 Å². The van der Waals surface area contributed by atoms with Gasteiger partial charge in [0, 0.05) is 5.41 Å². The number of carbonyl (C=O) groups excluding carboxylic acids is 2. The predicted molar refractivity (Wildman–Crippen MR) is 83.7 cm³/mol. The molecule has 4 heteroatoms. The molecule has 0 aliphatic rings. The smallest absolute Gasteiger partial charge is 0.321 e. The Bertz CT molecular complexity index is 368. The van der Waals surface area contributed by atoms with Crippen LogP contribution in [0.2, 0.25) is 0 Å². The van der Waals surface area contributed by atoms with Gasteiger partial charge < -0.3 is 9.47 Å². The maximum absolute atomic E-state index is 12.2. The highest BCUT2D eigenvalue weighted by Crippen LogP contribution is 2.36. The first kappa shape index (κ1) is 19.4. The van der Waals surface area contributed by atoms with Crippen LogP contribution >= 0.6 is 0 Å². The van der Waals surface area contributed by atoms with Gasteiger partial charge in [-0.2, -0.15) is 0 Å². The van der Waals surface area contributed by atoms with Crippen LogP contribution in [0.1, 0.15) is 47.0 Å². The van der Waals surface area contributed by atoms with Crippen LogP contribution < -0.4 is 0 Å². The zero-order valence-corrected chi connectivity index (χ0v) is 13.7. The highest BCUT2D eigenvalue weighted by atomic mass is 16.6. The number of carbonyl (C=O) groups is 2. The molecule has 0 aliphatic heterocycles. The van der Waals surface area contributed by atoms with Gasteiger partial charge in [-0.1, -0.05) is 18.6 Å². The maximum atomic E-state index is 12.2. The molecule has 1 atom stereocenters. The van der Waals surface area contributed by atoms with Crippen molar-refractivity contribution < 1.29 is 19.1 Å². The second-order valence-electron chi connectivity index (χ2n) is 5.46. The topological polar surface area (TPSA) is 52.6 Å². The summed E-state index contributed by atoms with van der Waals surface area (Å²) < 4.78 is 10.1. The SMILES string of the molecule is C=CC(C)(CCCC(=C)C)C(C(=O)OCC)C(=O)OCC. The lowest BCUT2D eigenvalue weighted by Gasteiger charge is -2.32. The van der Waals surface area contributed by atoms with E-state index in [1.807, 2.05) is 13.8 Å². The Hall–Kier alpha value is -1.58. The lowest BCUT2D eigenvalue weighted by molar-refractivity contribution is -0.166. The minimum atomic E-state index is -0.972. The number of allylic oxidation sites excluding steroid dienone is 2. The first-order chi connectivity index (χ1) is 9.82. The minimum absolute atomic E-state index is 0.230. The summed E-state index contributed by atoms with van der Waals surface area (Å²) in [5.41, 5.74) is 0.388. The Morgan fingerprint density at radius 3 is 2.00 bits per heavy atom. The summed E-state index contributed by atoms with van der Waals surface area (Å²) in [5, 5.41) is 0. The number of ether oxygens (including phenoxy) is 2. The fourth-order valence-corrected chi connectivity index (χ4v) is 2.22. The van der Waals surface area contributed by atoms with E-state index < -0.39 is 23.3 Å². The van der Waals surface area contributed by atoms with E-state index in [1.54, 1.807) is 19.9 Å². The molecule has 0 amide bonds. The Balaban J connectivity index is 5.20. The first-order valence-electron chi connectivity index (χ1n) is 7.43. The third-order valence-corrected chi connectivity index (χ3v) is 3.49. The summed E-state index contributed by atoms with van der Waals surface area (Å²) in [7, 11) is 0. The second kappa shape index (κ2) is 9.37. The van der Waals surface area contributed by atoms with Gasteiger partial charge in [0.15, 0.2) is 5.92 Å². The van der Waals surface area contributed by atoms with E-state index in [0.29, 0.717) is 6.42 Å². The molecule has 0 saturated heterocycles. The zero-order chi connectivity index (χ0) is 16.5. The molecule has 0 rings (SSSR count). The second-order valence-corrected chi connectivity index (χ2v) is 5.46. The van der Waals surface area contributed by atoms with Crippen molar-refractivity contribution in [2.75, 3.05) is 13.2 Å². The molecule has 0 fully saturated rings. The van der Waals surface area contributed by atoms with Gasteiger partial charge in [0.2, 0.25) is 0 Å². The molecule has 0 spiro atoms. The molecular formula is C17H28O4. The zero-order valence-electron chi connectivity index (χ0n) is 13.7. The third-order valence-electron chi connectivity index (χ3n) is 3.49. The van der Waals surface area contributed by atoms with Crippen molar-refractivity contribution in [1.82, 2.24) is 0 Å². The summed E-state index contributed by atoms with van der Waals surface area (Å²) in [5.74, 6) is -2.07. The van der Waals surface area contributed by atoms with Crippen LogP contribution in [0.5, 0.6) is 0 Å². The van der Waals surface area contributed by atoms with E-state index >= 15 is 0 Å². The van der Waals surface area contributed by atoms with Crippen molar-refractivity contribution in [1.29, 1.82) is 0 Å². The van der Waals surface area contributed by atoms with E-state index in [-0.39, 0.29) is 13.2 Å². The monoisotopic (exact) mass is 296 g/mol. The van der Waals surface area contributed by atoms with Crippen molar-refractivity contribution in [3.63, 3.8) is 0 Å². The molecule has 0 aromatic rings. The first-order valence-corrected chi connectivity index (χ1v) is 7.43. The Morgan fingerprint density at radius 2 is 1.67 bits per heavy atom. The molecule has 0 saturated carbocycles. The fraction of sp³-hybridized carbons (Fsp3) is 0.647. The molecule has 0 radical (unpaired) electrons. The van der Waals surface area contributed by atoms with Gasteiger partial charge in [0.25, 0.3) is 0 Å². The molecule has 120 valence electrons. The van der Waals surface area contributed by atoms with Crippen LogP contribution in [0.4, 0.5) is 0 Å². The average Bonchev–Trinajstić information content (AvgIpc) is 2.39. The number of rotatable bonds is 10. The highest BCUT2D eigenvalue weighted by Gasteiger charge is 2.44. The summed E-state index contributed by atoms with van der Waals surface area (Å²) in [6, 6.07) is 0. The normalized spacial score (nSPS) is 13.4. The Labute approximate surface area is 128 Å². The third kappa shape index (κ3) is 6.15. The molecule has 21 heavy (non-hydrogen) atoms. The lowest BCUT2D eigenvalue weighted by Crippen LogP contribution is -2.40. The summed E-state index contributed by atoms with van der Waals surface area (Å²) >= 11 is 0. The number of hydrogen-bond donors (Lipinski definition) is 0. The van der Waals surface area contributed by atoms with Gasteiger partial charge >= 0.3 is 11.9 Å². The highest BCUT2D eigenvalue weighted by molar-refractivity contribution is 5.96. The van der Waals surface area contributed by atoms with Gasteiger partial charge in [-0.15, -0.1) is 13.2 Å². The summed E-state index contributed by atoms with van der Waals surface area (Å²) in [4.78, 5) is 24.3. The van der Waals surface area contributed by atoms with Crippen molar-refractivity contribution in [3.8, 4) is 0 Å². The number of hydrogen-bond acceptors (Lipinski definition) is 4. The molecule has 0 N–H and O–H groups in total. The van der Waals surface area contributed by atoms with Gasteiger partial charge in [0.05, 0.1) is 13.2 Å². The van der Waals surface area contributed by atoms with Crippen molar-refractivity contribution in [2.24, 2.45) is 11.3 Å². The standard InChI is InChI=1S/C17H28O4/c1-7-17(6,12-10-11-13(4)5)14(15(18)20-8-2)16(19)21-9-3/h7,14H,1,4,8-12H2,2-3,5-6H3. The van der Waals surface area contributed by atoms with Crippen LogP contribution in [0.3, 0.4) is 0 Å². The molecule has 4 nitrogen and oxygen atoms in total. The van der Waals surface area contributed by atoms with Crippen LogP contribution in [0.15, 0.2) is 24.8 Å². The van der Waals surface area contributed by atoms with E-state index in [1.165, 1.54) is 0 Å². The van der Waals surface area contributed by atoms with Gasteiger partial charge in [-0.25, -0.2) is 0 Å². The molecular weight excluding hydrogens is 268 g/mol. The molecule has 0 bridgehead atoms. The van der Waals surface area contributed by atoms with Gasteiger partial charge in [0.1, 0.15) is 0 Å². The quantitative estimate of drug-likeness (QED) is 0.351. The summed E-state index contributed by atoms with van der Waals surface area (Å²) in [6.07, 6.45) is 3.98.